The Hall–Kier alpha value is -2.06. The third kappa shape index (κ3) is 2.91. The van der Waals surface area contributed by atoms with Gasteiger partial charge in [-0.15, -0.1) is 27.8 Å². The molecule has 0 bridgehead atoms. The number of nitrogens with one attached hydrogen (secondary N) is 1. The van der Waals surface area contributed by atoms with E-state index in [9.17, 15) is 4.79 Å². The number of nitrogens with zero attached hydrogens (tertiary/aromatic N) is 3. The summed E-state index contributed by atoms with van der Waals surface area (Å²) in [6, 6.07) is 3.90. The van der Waals surface area contributed by atoms with Gasteiger partial charge in [0.1, 0.15) is 5.69 Å². The molecular weight excluding hydrogens is 296 g/mol. The molecule has 0 radical (unpaired) electrons. The molecule has 1 amide bonds. The summed E-state index contributed by atoms with van der Waals surface area (Å²) in [6.07, 6.45) is 0.297. The Morgan fingerprint density at radius 1 is 1.40 bits per heavy atom. The average molecular weight is 306 g/mol. The molecule has 0 atom stereocenters. The van der Waals surface area contributed by atoms with Crippen molar-refractivity contribution in [2.45, 2.75) is 13.3 Å². The molecule has 0 spiro atoms. The van der Waals surface area contributed by atoms with Gasteiger partial charge >= 0.3 is 6.01 Å². The van der Waals surface area contributed by atoms with Crippen LogP contribution in [0.25, 0.3) is 11.6 Å². The maximum Gasteiger partial charge on any atom is 0.322 e. The number of thiophene rings is 1. The van der Waals surface area contributed by atoms with Gasteiger partial charge in [-0.3, -0.25) is 10.1 Å². The molecule has 0 saturated heterocycles. The number of amides is 1. The van der Waals surface area contributed by atoms with E-state index in [0.29, 0.717) is 18.0 Å². The van der Waals surface area contributed by atoms with Crippen LogP contribution in [0, 0.1) is 6.92 Å². The van der Waals surface area contributed by atoms with E-state index < -0.39 is 0 Å². The highest BCUT2D eigenvalue weighted by Gasteiger charge is 2.13. The van der Waals surface area contributed by atoms with Crippen molar-refractivity contribution in [3.63, 3.8) is 0 Å². The average Bonchev–Trinajstić information content (AvgIpc) is 3.10. The standard InChI is InChI=1S/C12H10N4O2S2/c1-7-13-9(6-20-7)11-15-16-12(18-11)14-10(17)5-8-3-2-4-19-8/h2-4,6H,5H2,1H3,(H,14,16,17). The van der Waals surface area contributed by atoms with Crippen molar-refractivity contribution in [3.05, 3.63) is 32.8 Å². The summed E-state index contributed by atoms with van der Waals surface area (Å²) in [4.78, 5) is 17.0. The highest BCUT2D eigenvalue weighted by Crippen LogP contribution is 2.21. The normalized spacial score (nSPS) is 10.7. The molecule has 3 aromatic heterocycles. The number of anilines is 1. The van der Waals surface area contributed by atoms with Gasteiger partial charge in [0.2, 0.25) is 5.91 Å². The molecule has 6 nitrogen and oxygen atoms in total. The topological polar surface area (TPSA) is 80.9 Å². The lowest BCUT2D eigenvalue weighted by Gasteiger charge is -1.97. The van der Waals surface area contributed by atoms with Gasteiger partial charge in [-0.2, -0.15) is 0 Å². The molecule has 102 valence electrons. The number of aromatic nitrogens is 3. The van der Waals surface area contributed by atoms with Gasteiger partial charge in [-0.1, -0.05) is 11.2 Å². The van der Waals surface area contributed by atoms with E-state index >= 15 is 0 Å². The number of carbonyl (C=O) groups excluding carboxylic acids is 1. The summed E-state index contributed by atoms with van der Waals surface area (Å²) >= 11 is 3.03. The van der Waals surface area contributed by atoms with Crippen LogP contribution in [0.4, 0.5) is 6.01 Å². The van der Waals surface area contributed by atoms with Gasteiger partial charge < -0.3 is 4.42 Å². The number of thiazole rings is 1. The fraction of sp³-hybridized carbons (Fsp3) is 0.167. The van der Waals surface area contributed by atoms with Crippen molar-refractivity contribution in [3.8, 4) is 11.6 Å². The number of aryl methyl sites for hydroxylation is 1. The minimum Gasteiger partial charge on any atom is -0.401 e. The minimum absolute atomic E-state index is 0.0900. The first-order chi connectivity index (χ1) is 9.70. The van der Waals surface area contributed by atoms with Crippen LogP contribution in [0.2, 0.25) is 0 Å². The van der Waals surface area contributed by atoms with Crippen LogP contribution in [-0.4, -0.2) is 21.1 Å². The van der Waals surface area contributed by atoms with Crippen molar-refractivity contribution in [2.75, 3.05) is 5.32 Å². The predicted molar refractivity (Wildman–Crippen MR) is 76.8 cm³/mol. The molecule has 1 N–H and O–H groups in total. The summed E-state index contributed by atoms with van der Waals surface area (Å²) in [5.74, 6) is 0.123. The van der Waals surface area contributed by atoms with E-state index in [1.165, 1.54) is 22.7 Å². The van der Waals surface area contributed by atoms with E-state index in [1.807, 2.05) is 29.8 Å². The van der Waals surface area contributed by atoms with E-state index in [0.717, 1.165) is 9.88 Å². The first-order valence-corrected chi connectivity index (χ1v) is 7.55. The number of hydrogen-bond donors (Lipinski definition) is 1. The van der Waals surface area contributed by atoms with Crippen LogP contribution in [0.3, 0.4) is 0 Å². The number of hydrogen-bond acceptors (Lipinski definition) is 7. The second-order valence-electron chi connectivity index (χ2n) is 3.97. The molecule has 0 unspecified atom stereocenters. The first-order valence-electron chi connectivity index (χ1n) is 5.79. The summed E-state index contributed by atoms with van der Waals surface area (Å²) in [5, 5.41) is 14.9. The molecule has 3 rings (SSSR count). The van der Waals surface area contributed by atoms with Crippen molar-refractivity contribution in [1.29, 1.82) is 0 Å². The molecule has 3 heterocycles. The molecule has 0 fully saturated rings. The largest absolute Gasteiger partial charge is 0.401 e. The Morgan fingerprint density at radius 2 is 2.30 bits per heavy atom. The Kier molecular flexibility index (Phi) is 3.57. The van der Waals surface area contributed by atoms with Crippen LogP contribution < -0.4 is 5.32 Å². The van der Waals surface area contributed by atoms with Gasteiger partial charge in [-0.25, -0.2) is 4.98 Å². The maximum atomic E-state index is 11.8. The molecule has 0 aliphatic carbocycles. The second kappa shape index (κ2) is 5.51. The predicted octanol–water partition coefficient (Wildman–Crippen LogP) is 2.74. The summed E-state index contributed by atoms with van der Waals surface area (Å²) in [5.41, 5.74) is 0.624. The fourth-order valence-corrected chi connectivity index (χ4v) is 2.86. The third-order valence-electron chi connectivity index (χ3n) is 2.42. The molecule has 0 aliphatic rings. The Balaban J connectivity index is 1.66. The van der Waals surface area contributed by atoms with Crippen molar-refractivity contribution >= 4 is 34.6 Å². The van der Waals surface area contributed by atoms with Gasteiger partial charge in [0.15, 0.2) is 0 Å². The lowest BCUT2D eigenvalue weighted by atomic mass is 10.3. The first kappa shape index (κ1) is 12.9. The van der Waals surface area contributed by atoms with E-state index in [4.69, 9.17) is 4.42 Å². The van der Waals surface area contributed by atoms with Crippen molar-refractivity contribution in [1.82, 2.24) is 15.2 Å². The van der Waals surface area contributed by atoms with Crippen LogP contribution in [-0.2, 0) is 11.2 Å². The van der Waals surface area contributed by atoms with Crippen LogP contribution in [0.5, 0.6) is 0 Å². The van der Waals surface area contributed by atoms with Crippen LogP contribution in [0.1, 0.15) is 9.88 Å². The van der Waals surface area contributed by atoms with Gasteiger partial charge in [0.25, 0.3) is 5.89 Å². The Labute approximate surface area is 122 Å². The van der Waals surface area contributed by atoms with Crippen LogP contribution in [0.15, 0.2) is 27.3 Å². The monoisotopic (exact) mass is 306 g/mol. The third-order valence-corrected chi connectivity index (χ3v) is 4.07. The summed E-state index contributed by atoms with van der Waals surface area (Å²) in [6.45, 7) is 1.90. The lowest BCUT2D eigenvalue weighted by molar-refractivity contribution is -0.115. The lowest BCUT2D eigenvalue weighted by Crippen LogP contribution is -2.13. The zero-order chi connectivity index (χ0) is 13.9. The molecule has 3 aromatic rings. The zero-order valence-electron chi connectivity index (χ0n) is 10.5. The molecule has 8 heteroatoms. The summed E-state index contributed by atoms with van der Waals surface area (Å²) in [7, 11) is 0. The Bertz CT molecular complexity index is 717. The van der Waals surface area contributed by atoms with E-state index in [2.05, 4.69) is 20.5 Å². The minimum atomic E-state index is -0.183. The molecule has 20 heavy (non-hydrogen) atoms. The fourth-order valence-electron chi connectivity index (χ4n) is 1.57. The highest BCUT2D eigenvalue weighted by atomic mass is 32.1. The van der Waals surface area contributed by atoms with Crippen LogP contribution >= 0.6 is 22.7 Å². The quantitative estimate of drug-likeness (QED) is 0.801. The zero-order valence-corrected chi connectivity index (χ0v) is 12.1. The SMILES string of the molecule is Cc1nc(-c2nnc(NC(=O)Cc3cccs3)o2)cs1. The van der Waals surface area contributed by atoms with E-state index in [1.54, 1.807) is 0 Å². The van der Waals surface area contributed by atoms with Crippen molar-refractivity contribution in [2.24, 2.45) is 0 Å². The smallest absolute Gasteiger partial charge is 0.322 e. The van der Waals surface area contributed by atoms with E-state index in [-0.39, 0.29) is 11.9 Å². The van der Waals surface area contributed by atoms with Crippen molar-refractivity contribution < 1.29 is 9.21 Å². The second-order valence-corrected chi connectivity index (χ2v) is 6.06. The number of rotatable bonds is 4. The van der Waals surface area contributed by atoms with Gasteiger partial charge in [0.05, 0.1) is 11.4 Å². The highest BCUT2D eigenvalue weighted by molar-refractivity contribution is 7.10. The Morgan fingerprint density at radius 3 is 3.00 bits per heavy atom. The maximum absolute atomic E-state index is 11.8. The molecular formula is C12H10N4O2S2. The van der Waals surface area contributed by atoms with Gasteiger partial charge in [0, 0.05) is 10.3 Å². The summed E-state index contributed by atoms with van der Waals surface area (Å²) < 4.78 is 5.37. The van der Waals surface area contributed by atoms with Gasteiger partial charge in [-0.05, 0) is 18.4 Å². The molecule has 0 saturated carbocycles. The molecule has 0 aromatic carbocycles. The molecule has 0 aliphatic heterocycles. The number of carbonyl (C=O) groups is 1.